The van der Waals surface area contributed by atoms with Crippen LogP contribution in [-0.2, 0) is 21.3 Å². The van der Waals surface area contributed by atoms with Crippen LogP contribution in [0.3, 0.4) is 0 Å². The van der Waals surface area contributed by atoms with Crippen LogP contribution >= 0.6 is 11.3 Å². The van der Waals surface area contributed by atoms with E-state index in [2.05, 4.69) is 10.3 Å². The maximum absolute atomic E-state index is 13.0. The van der Waals surface area contributed by atoms with Gasteiger partial charge in [-0.15, -0.1) is 11.3 Å². The zero-order chi connectivity index (χ0) is 22.7. The second kappa shape index (κ2) is 9.41. The lowest BCUT2D eigenvalue weighted by molar-refractivity contribution is 0.0730. The van der Waals surface area contributed by atoms with Crippen molar-refractivity contribution in [1.82, 2.24) is 14.6 Å². The Morgan fingerprint density at radius 2 is 2.03 bits per heavy atom. The first-order valence-electron chi connectivity index (χ1n) is 9.94. The molecule has 1 aliphatic heterocycles. The van der Waals surface area contributed by atoms with E-state index in [0.29, 0.717) is 24.7 Å². The number of benzene rings is 1. The van der Waals surface area contributed by atoms with Gasteiger partial charge in [-0.3, -0.25) is 4.79 Å². The summed E-state index contributed by atoms with van der Waals surface area (Å²) in [5.74, 6) is 0.981. The van der Waals surface area contributed by atoms with Crippen LogP contribution in [0.5, 0.6) is 5.75 Å². The predicted molar refractivity (Wildman–Crippen MR) is 118 cm³/mol. The smallest absolute Gasteiger partial charge is 0.255 e. The number of carbonyl (C=O) groups excluding carboxylic acids is 1. The minimum Gasteiger partial charge on any atom is -0.496 e. The van der Waals surface area contributed by atoms with Crippen LogP contribution < -0.4 is 10.1 Å². The second-order valence-corrected chi connectivity index (χ2v) is 10.1. The highest BCUT2D eigenvalue weighted by Crippen LogP contribution is 2.26. The molecule has 0 atom stereocenters. The Kier molecular flexibility index (Phi) is 6.60. The number of carbonyl (C=O) groups is 1. The number of thiazole rings is 1. The Hall–Kier alpha value is -2.73. The van der Waals surface area contributed by atoms with Crippen LogP contribution in [0.4, 0.5) is 0 Å². The van der Waals surface area contributed by atoms with Crippen molar-refractivity contribution in [2.75, 3.05) is 33.4 Å². The van der Waals surface area contributed by atoms with Crippen molar-refractivity contribution in [2.45, 2.75) is 18.4 Å². The summed E-state index contributed by atoms with van der Waals surface area (Å²) in [6.07, 6.45) is 0. The first kappa shape index (κ1) is 22.5. The number of aromatic nitrogens is 1. The van der Waals surface area contributed by atoms with E-state index in [1.54, 1.807) is 12.1 Å². The van der Waals surface area contributed by atoms with Crippen molar-refractivity contribution in [3.05, 3.63) is 52.0 Å². The average Bonchev–Trinajstić information content (AvgIpc) is 3.46. The minimum atomic E-state index is -3.74. The first-order chi connectivity index (χ1) is 15.4. The molecular weight excluding hydrogens is 454 g/mol. The minimum absolute atomic E-state index is 0.0320. The molecule has 32 heavy (non-hydrogen) atoms. The number of ether oxygens (including phenoxy) is 2. The molecule has 0 bridgehead atoms. The Bertz CT molecular complexity index is 1210. The maximum Gasteiger partial charge on any atom is 0.255 e. The standard InChI is InChI=1S/C21H23N3O6S2/c1-14-23-18(13-31-14)20-5-3-15(30-20)12-22-21(25)17-11-16(4-6-19(17)28-2)32(26,27)24-7-9-29-10-8-24/h3-6,11,13H,7-10,12H2,1-2H3,(H,22,25). The number of morpholine rings is 1. The maximum atomic E-state index is 13.0. The Morgan fingerprint density at radius 3 is 2.72 bits per heavy atom. The Balaban J connectivity index is 1.50. The molecule has 1 fully saturated rings. The van der Waals surface area contributed by atoms with E-state index >= 15 is 0 Å². The number of hydrogen-bond acceptors (Lipinski definition) is 8. The first-order valence-corrected chi connectivity index (χ1v) is 12.3. The fourth-order valence-electron chi connectivity index (χ4n) is 3.31. The summed E-state index contributed by atoms with van der Waals surface area (Å²) in [5.41, 5.74) is 0.872. The number of rotatable bonds is 7. The van der Waals surface area contributed by atoms with Gasteiger partial charge in [0, 0.05) is 18.5 Å². The third-order valence-electron chi connectivity index (χ3n) is 4.98. The molecule has 3 heterocycles. The van der Waals surface area contributed by atoms with Crippen molar-refractivity contribution in [3.63, 3.8) is 0 Å². The van der Waals surface area contributed by atoms with Crippen molar-refractivity contribution < 1.29 is 27.1 Å². The molecule has 4 rings (SSSR count). The lowest BCUT2D eigenvalue weighted by Crippen LogP contribution is -2.40. The van der Waals surface area contributed by atoms with Gasteiger partial charge in [0.2, 0.25) is 10.0 Å². The number of nitrogens with one attached hydrogen (secondary N) is 1. The summed E-state index contributed by atoms with van der Waals surface area (Å²) in [6, 6.07) is 7.82. The van der Waals surface area contributed by atoms with Crippen LogP contribution in [0.25, 0.3) is 11.5 Å². The van der Waals surface area contributed by atoms with Gasteiger partial charge >= 0.3 is 0 Å². The van der Waals surface area contributed by atoms with Gasteiger partial charge in [0.25, 0.3) is 5.91 Å². The van der Waals surface area contributed by atoms with Crippen LogP contribution in [-0.4, -0.2) is 57.0 Å². The third-order valence-corrected chi connectivity index (χ3v) is 7.65. The van der Waals surface area contributed by atoms with Gasteiger partial charge in [-0.05, 0) is 37.3 Å². The summed E-state index contributed by atoms with van der Waals surface area (Å²) < 4.78 is 43.5. The summed E-state index contributed by atoms with van der Waals surface area (Å²) in [5, 5.41) is 5.60. The highest BCUT2D eigenvalue weighted by molar-refractivity contribution is 7.89. The van der Waals surface area contributed by atoms with E-state index in [1.165, 1.54) is 41.0 Å². The third kappa shape index (κ3) is 4.70. The molecule has 1 N–H and O–H groups in total. The quantitative estimate of drug-likeness (QED) is 0.557. The number of nitrogens with zero attached hydrogens (tertiary/aromatic N) is 2. The molecule has 1 aromatic carbocycles. The molecule has 1 saturated heterocycles. The number of furan rings is 1. The zero-order valence-electron chi connectivity index (χ0n) is 17.7. The average molecular weight is 478 g/mol. The molecule has 0 aliphatic carbocycles. The van der Waals surface area contributed by atoms with Crippen molar-refractivity contribution in [3.8, 4) is 17.2 Å². The van der Waals surface area contributed by atoms with Crippen molar-refractivity contribution >= 4 is 27.3 Å². The summed E-state index contributed by atoms with van der Waals surface area (Å²) >= 11 is 1.53. The zero-order valence-corrected chi connectivity index (χ0v) is 19.3. The van der Waals surface area contributed by atoms with E-state index in [-0.39, 0.29) is 35.8 Å². The lowest BCUT2D eigenvalue weighted by atomic mass is 10.2. The van der Waals surface area contributed by atoms with Crippen LogP contribution in [0, 0.1) is 6.92 Å². The van der Waals surface area contributed by atoms with Crippen molar-refractivity contribution in [2.24, 2.45) is 0 Å². The molecule has 0 saturated carbocycles. The molecular formula is C21H23N3O6S2. The monoisotopic (exact) mass is 477 g/mol. The topological polar surface area (TPSA) is 111 Å². The Morgan fingerprint density at radius 1 is 1.25 bits per heavy atom. The van der Waals surface area contributed by atoms with E-state index in [1.807, 2.05) is 12.3 Å². The van der Waals surface area contributed by atoms with Gasteiger partial charge in [0.1, 0.15) is 17.2 Å². The summed E-state index contributed by atoms with van der Waals surface area (Å²) in [6.45, 7) is 3.28. The van der Waals surface area contributed by atoms with Crippen LogP contribution in [0.2, 0.25) is 0 Å². The highest BCUT2D eigenvalue weighted by atomic mass is 32.2. The van der Waals surface area contributed by atoms with Crippen LogP contribution in [0.1, 0.15) is 21.1 Å². The molecule has 9 nitrogen and oxygen atoms in total. The molecule has 170 valence electrons. The molecule has 1 amide bonds. The predicted octanol–water partition coefficient (Wildman–Crippen LogP) is 2.67. The van der Waals surface area contributed by atoms with Gasteiger partial charge in [-0.1, -0.05) is 0 Å². The van der Waals surface area contributed by atoms with E-state index in [4.69, 9.17) is 13.9 Å². The number of methoxy groups -OCH3 is 1. The van der Waals surface area contributed by atoms with Gasteiger partial charge in [-0.25, -0.2) is 13.4 Å². The summed E-state index contributed by atoms with van der Waals surface area (Å²) in [7, 11) is -2.31. The molecule has 0 spiro atoms. The number of aryl methyl sites for hydroxylation is 1. The van der Waals surface area contributed by atoms with Crippen molar-refractivity contribution in [1.29, 1.82) is 0 Å². The number of hydrogen-bond donors (Lipinski definition) is 1. The number of amides is 1. The van der Waals surface area contributed by atoms with Crippen LogP contribution in [0.15, 0.2) is 45.0 Å². The van der Waals surface area contributed by atoms with Gasteiger partial charge < -0.3 is 19.2 Å². The fraction of sp³-hybridized carbons (Fsp3) is 0.333. The molecule has 2 aromatic heterocycles. The second-order valence-electron chi connectivity index (χ2n) is 7.08. The molecule has 0 radical (unpaired) electrons. The lowest BCUT2D eigenvalue weighted by Gasteiger charge is -2.26. The molecule has 11 heteroatoms. The Labute approximate surface area is 190 Å². The van der Waals surface area contributed by atoms with E-state index < -0.39 is 15.9 Å². The SMILES string of the molecule is COc1ccc(S(=O)(=O)N2CCOCC2)cc1C(=O)NCc1ccc(-c2csc(C)n2)o1. The van der Waals surface area contributed by atoms with E-state index in [9.17, 15) is 13.2 Å². The van der Waals surface area contributed by atoms with E-state index in [0.717, 1.165) is 10.7 Å². The highest BCUT2D eigenvalue weighted by Gasteiger charge is 2.28. The molecule has 0 unspecified atom stereocenters. The number of sulfonamides is 1. The fourth-order valence-corrected chi connectivity index (χ4v) is 5.35. The van der Waals surface area contributed by atoms with Gasteiger partial charge in [-0.2, -0.15) is 4.31 Å². The van der Waals surface area contributed by atoms with Gasteiger partial charge in [0.15, 0.2) is 5.76 Å². The van der Waals surface area contributed by atoms with Gasteiger partial charge in [0.05, 0.1) is 42.3 Å². The largest absolute Gasteiger partial charge is 0.496 e. The molecule has 1 aliphatic rings. The summed E-state index contributed by atoms with van der Waals surface area (Å²) in [4.78, 5) is 17.3. The normalized spacial score (nSPS) is 14.9. The molecule has 3 aromatic rings.